The van der Waals surface area contributed by atoms with Gasteiger partial charge < -0.3 is 4.74 Å². The number of fused-ring (bicyclic) bond motifs is 1. The van der Waals surface area contributed by atoms with Gasteiger partial charge in [-0.1, -0.05) is 65.1 Å². The first-order valence-electron chi connectivity index (χ1n) is 11.6. The van der Waals surface area contributed by atoms with Crippen LogP contribution in [0.25, 0.3) is 0 Å². The van der Waals surface area contributed by atoms with Crippen LogP contribution in [0.5, 0.6) is 0 Å². The Hall–Kier alpha value is -1.21. The number of hydrogen-bond donors (Lipinski definition) is 0. The third kappa shape index (κ3) is 4.56. The molecule has 32 heavy (non-hydrogen) atoms. The van der Waals surface area contributed by atoms with Gasteiger partial charge in [-0.05, 0) is 61.6 Å². The zero-order chi connectivity index (χ0) is 23.2. The maximum Gasteiger partial charge on any atom is 0.338 e. The molecule has 0 spiro atoms. The van der Waals surface area contributed by atoms with E-state index in [-0.39, 0.29) is 45.4 Å². The minimum Gasteiger partial charge on any atom is -0.458 e. The number of ether oxygens (including phenoxy) is 1. The second-order valence-electron chi connectivity index (χ2n) is 10.0. The molecule has 3 aliphatic rings. The number of imide groups is 1. The van der Waals surface area contributed by atoms with Gasteiger partial charge in [0.05, 0.1) is 23.1 Å². The van der Waals surface area contributed by atoms with Gasteiger partial charge in [0.25, 0.3) is 0 Å². The summed E-state index contributed by atoms with van der Waals surface area (Å²) in [7, 11) is 0. The molecule has 1 aliphatic heterocycles. The predicted molar refractivity (Wildman–Crippen MR) is 131 cm³/mol. The fourth-order valence-corrected chi connectivity index (χ4v) is 6.81. The Kier molecular flexibility index (Phi) is 7.16. The third-order valence-electron chi connectivity index (χ3n) is 7.47. The summed E-state index contributed by atoms with van der Waals surface area (Å²) in [6, 6.07) is 6.77. The van der Waals surface area contributed by atoms with Crippen LogP contribution in [0.3, 0.4) is 0 Å². The minimum atomic E-state index is -0.380. The van der Waals surface area contributed by atoms with Crippen molar-refractivity contribution >= 4 is 55.3 Å². The van der Waals surface area contributed by atoms with Crippen molar-refractivity contribution in [3.8, 4) is 0 Å². The summed E-state index contributed by atoms with van der Waals surface area (Å²) in [6.07, 6.45) is 4.26. The fraction of sp³-hybridized carbons (Fsp3) is 0.640. The molecule has 0 bridgehead atoms. The van der Waals surface area contributed by atoms with E-state index in [2.05, 4.69) is 52.6 Å². The quantitative estimate of drug-likeness (QED) is 0.264. The summed E-state index contributed by atoms with van der Waals surface area (Å²) in [6.45, 7) is 6.57. The summed E-state index contributed by atoms with van der Waals surface area (Å²) in [5, 5.41) is 0. The normalized spacial score (nSPS) is 35.2. The van der Waals surface area contributed by atoms with Crippen LogP contribution < -0.4 is 4.90 Å². The first-order valence-corrected chi connectivity index (χ1v) is 13.5. The molecule has 0 radical (unpaired) electrons. The number of carbonyl (C=O) groups is 3. The smallest absolute Gasteiger partial charge is 0.338 e. The van der Waals surface area contributed by atoms with E-state index >= 15 is 0 Å². The van der Waals surface area contributed by atoms with Crippen molar-refractivity contribution in [2.75, 3.05) is 4.90 Å². The van der Waals surface area contributed by atoms with Gasteiger partial charge in [0.2, 0.25) is 11.8 Å². The van der Waals surface area contributed by atoms with Crippen molar-refractivity contribution in [2.24, 2.45) is 29.6 Å². The number of halogens is 2. The molecule has 7 heteroatoms. The molecule has 2 aliphatic carbocycles. The SMILES string of the molecule is CC(C)[C@H]1CC[C@@H](C)C[C@H]1OC(=O)c1cccc(N2C(=O)[C@H]3C[C@H](Br)[C@@H](Br)C[C@H]3C2=O)c1. The highest BCUT2D eigenvalue weighted by Gasteiger charge is 2.52. The lowest BCUT2D eigenvalue weighted by Gasteiger charge is -2.36. The molecule has 5 nitrogen and oxygen atoms in total. The summed E-state index contributed by atoms with van der Waals surface area (Å²) < 4.78 is 5.98. The van der Waals surface area contributed by atoms with Crippen LogP contribution in [0, 0.1) is 29.6 Å². The number of benzene rings is 1. The maximum atomic E-state index is 13.1. The molecular weight excluding hydrogens is 538 g/mol. The summed E-state index contributed by atoms with van der Waals surface area (Å²) in [5.41, 5.74) is 0.842. The molecule has 1 saturated heterocycles. The number of esters is 1. The summed E-state index contributed by atoms with van der Waals surface area (Å²) in [4.78, 5) is 40.8. The summed E-state index contributed by atoms with van der Waals surface area (Å²) in [5.74, 6) is -0.00349. The molecule has 0 aromatic heterocycles. The first kappa shape index (κ1) is 23.9. The van der Waals surface area contributed by atoms with Crippen molar-refractivity contribution in [2.45, 2.75) is 68.6 Å². The van der Waals surface area contributed by atoms with Crippen LogP contribution in [0.1, 0.15) is 63.2 Å². The molecule has 2 saturated carbocycles. The van der Waals surface area contributed by atoms with Crippen molar-refractivity contribution < 1.29 is 19.1 Å². The monoisotopic (exact) mass is 567 g/mol. The second kappa shape index (κ2) is 9.57. The van der Waals surface area contributed by atoms with E-state index in [4.69, 9.17) is 4.74 Å². The maximum absolute atomic E-state index is 13.1. The lowest BCUT2D eigenvalue weighted by atomic mass is 9.75. The largest absolute Gasteiger partial charge is 0.458 e. The molecule has 1 aromatic rings. The number of rotatable bonds is 4. The molecule has 2 amide bonds. The Balaban J connectivity index is 1.53. The Bertz CT molecular complexity index is 876. The first-order chi connectivity index (χ1) is 15.2. The predicted octanol–water partition coefficient (Wildman–Crippen LogP) is 5.73. The molecular formula is C25H31Br2NO4. The highest BCUT2D eigenvalue weighted by molar-refractivity contribution is 9.12. The Labute approximate surface area is 206 Å². The average Bonchev–Trinajstić information content (AvgIpc) is 2.98. The third-order valence-corrected chi connectivity index (χ3v) is 10.2. The topological polar surface area (TPSA) is 63.7 Å². The molecule has 3 fully saturated rings. The van der Waals surface area contributed by atoms with Crippen LogP contribution in [0.15, 0.2) is 24.3 Å². The molecule has 1 heterocycles. The highest BCUT2D eigenvalue weighted by atomic mass is 79.9. The van der Waals surface area contributed by atoms with Crippen molar-refractivity contribution in [3.63, 3.8) is 0 Å². The van der Waals surface area contributed by atoms with Gasteiger partial charge in [-0.3, -0.25) is 14.5 Å². The number of carbonyl (C=O) groups excluding carboxylic acids is 3. The average molecular weight is 569 g/mol. The van der Waals surface area contributed by atoms with E-state index in [9.17, 15) is 14.4 Å². The van der Waals surface area contributed by atoms with Crippen LogP contribution in [0.2, 0.25) is 0 Å². The molecule has 7 atom stereocenters. The van der Waals surface area contributed by atoms with Crippen molar-refractivity contribution in [3.05, 3.63) is 29.8 Å². The molecule has 0 N–H and O–H groups in total. The van der Waals surface area contributed by atoms with E-state index in [0.29, 0.717) is 41.8 Å². The van der Waals surface area contributed by atoms with Gasteiger partial charge in [0, 0.05) is 9.65 Å². The van der Waals surface area contributed by atoms with Crippen LogP contribution in [-0.2, 0) is 14.3 Å². The Morgan fingerprint density at radius 3 is 2.25 bits per heavy atom. The van der Waals surface area contributed by atoms with Gasteiger partial charge in [0.15, 0.2) is 0 Å². The van der Waals surface area contributed by atoms with E-state index in [1.165, 1.54) is 11.3 Å². The van der Waals surface area contributed by atoms with Crippen LogP contribution in [0.4, 0.5) is 5.69 Å². The van der Waals surface area contributed by atoms with E-state index in [1.807, 2.05) is 0 Å². The van der Waals surface area contributed by atoms with E-state index < -0.39 is 0 Å². The molecule has 4 rings (SSSR count). The fourth-order valence-electron chi connectivity index (χ4n) is 5.58. The highest BCUT2D eigenvalue weighted by Crippen LogP contribution is 2.44. The number of alkyl halides is 2. The van der Waals surface area contributed by atoms with Gasteiger partial charge in [-0.15, -0.1) is 0 Å². The lowest BCUT2D eigenvalue weighted by molar-refractivity contribution is -0.122. The lowest BCUT2D eigenvalue weighted by Crippen LogP contribution is -2.36. The number of nitrogens with zero attached hydrogens (tertiary/aromatic N) is 1. The Morgan fingerprint density at radius 2 is 1.66 bits per heavy atom. The molecule has 1 aromatic carbocycles. The standard InChI is InChI=1S/C25H31Br2NO4/c1-13(2)17-8-7-14(3)9-22(17)32-25(31)15-5-4-6-16(10-15)28-23(29)18-11-20(26)21(27)12-19(18)24(28)30/h4-6,10,13-14,17-22H,7-9,11-12H2,1-3H3/t14-,17-,18-,19+,20+,21+,22-/m1/s1. The van der Waals surface area contributed by atoms with Gasteiger partial charge in [-0.25, -0.2) is 4.79 Å². The van der Waals surface area contributed by atoms with Crippen LogP contribution in [-0.4, -0.2) is 33.5 Å². The van der Waals surface area contributed by atoms with E-state index in [0.717, 1.165) is 12.8 Å². The molecule has 174 valence electrons. The van der Waals surface area contributed by atoms with Gasteiger partial charge >= 0.3 is 5.97 Å². The number of hydrogen-bond acceptors (Lipinski definition) is 4. The van der Waals surface area contributed by atoms with Crippen molar-refractivity contribution in [1.29, 1.82) is 0 Å². The van der Waals surface area contributed by atoms with Gasteiger partial charge in [0.1, 0.15) is 6.10 Å². The van der Waals surface area contributed by atoms with E-state index in [1.54, 1.807) is 24.3 Å². The Morgan fingerprint density at radius 1 is 1.03 bits per heavy atom. The summed E-state index contributed by atoms with van der Waals surface area (Å²) >= 11 is 7.24. The minimum absolute atomic E-state index is 0.0976. The number of anilines is 1. The number of amides is 2. The van der Waals surface area contributed by atoms with Crippen molar-refractivity contribution in [1.82, 2.24) is 0 Å². The second-order valence-corrected chi connectivity index (χ2v) is 12.4. The van der Waals surface area contributed by atoms with Gasteiger partial charge in [-0.2, -0.15) is 0 Å². The molecule has 0 unspecified atom stereocenters. The van der Waals surface area contributed by atoms with Crippen LogP contribution >= 0.6 is 31.9 Å². The zero-order valence-electron chi connectivity index (χ0n) is 18.8. The zero-order valence-corrected chi connectivity index (χ0v) is 22.0.